The summed E-state index contributed by atoms with van der Waals surface area (Å²) in [6, 6.07) is 0. The highest BCUT2D eigenvalue weighted by Crippen LogP contribution is 2.15. The summed E-state index contributed by atoms with van der Waals surface area (Å²) >= 11 is 0. The number of carbonyl (C=O) groups is 1. The summed E-state index contributed by atoms with van der Waals surface area (Å²) in [4.78, 5) is 10.5. The first-order valence-electron chi connectivity index (χ1n) is 2.86. The molecule has 8 heavy (non-hydrogen) atoms. The van der Waals surface area contributed by atoms with E-state index < -0.39 is 0 Å². The molecular formula is C6H10O2. The average Bonchev–Trinajstić information content (AvgIpc) is 1.61. The van der Waals surface area contributed by atoms with Crippen LogP contribution in [0.15, 0.2) is 0 Å². The van der Waals surface area contributed by atoms with Crippen LogP contribution in [0.25, 0.3) is 0 Å². The topological polar surface area (TPSA) is 26.3 Å². The molecule has 1 heterocycles. The number of carbonyl (C=O) groups excluding carboxylic acids is 1. The van der Waals surface area contributed by atoms with Crippen LogP contribution in [0.5, 0.6) is 0 Å². The van der Waals surface area contributed by atoms with E-state index in [1.807, 2.05) is 13.8 Å². The molecule has 0 amide bonds. The van der Waals surface area contributed by atoms with Crippen molar-refractivity contribution in [2.24, 2.45) is 5.92 Å². The maximum Gasteiger partial charge on any atom is 0.187 e. The maximum absolute atomic E-state index is 10.5. The summed E-state index contributed by atoms with van der Waals surface area (Å²) in [5.41, 5.74) is 0. The lowest BCUT2D eigenvalue weighted by Gasteiger charge is -2.27. The standard InChI is InChI=1S/C6H10O2/c1-4(2)6-5(7)3-8-6/h4,6H,3H2,1-2H3. The van der Waals surface area contributed by atoms with Gasteiger partial charge in [-0.1, -0.05) is 13.8 Å². The van der Waals surface area contributed by atoms with Gasteiger partial charge in [0.2, 0.25) is 0 Å². The summed E-state index contributed by atoms with van der Waals surface area (Å²) in [5, 5.41) is 0. The van der Waals surface area contributed by atoms with Crippen molar-refractivity contribution in [1.29, 1.82) is 0 Å². The molecule has 2 nitrogen and oxygen atoms in total. The van der Waals surface area contributed by atoms with E-state index in [0.717, 1.165) is 0 Å². The molecule has 0 aliphatic carbocycles. The fourth-order valence-electron chi connectivity index (χ4n) is 0.812. The van der Waals surface area contributed by atoms with Crippen LogP contribution in [-0.2, 0) is 9.53 Å². The van der Waals surface area contributed by atoms with Crippen molar-refractivity contribution >= 4 is 5.78 Å². The molecule has 1 saturated heterocycles. The highest BCUT2D eigenvalue weighted by molar-refractivity contribution is 5.88. The molecule has 0 bridgehead atoms. The molecule has 1 aliphatic heterocycles. The summed E-state index contributed by atoms with van der Waals surface area (Å²) in [7, 11) is 0. The molecule has 1 aliphatic rings. The molecule has 1 rings (SSSR count). The van der Waals surface area contributed by atoms with E-state index in [1.165, 1.54) is 0 Å². The van der Waals surface area contributed by atoms with Gasteiger partial charge in [-0.3, -0.25) is 4.79 Å². The van der Waals surface area contributed by atoms with Gasteiger partial charge in [-0.25, -0.2) is 0 Å². The Hall–Kier alpha value is -0.370. The van der Waals surface area contributed by atoms with Crippen LogP contribution in [0.2, 0.25) is 0 Å². The predicted octanol–water partition coefficient (Wildman–Crippen LogP) is 0.610. The second-order valence-corrected chi connectivity index (χ2v) is 2.44. The van der Waals surface area contributed by atoms with Crippen molar-refractivity contribution < 1.29 is 9.53 Å². The number of rotatable bonds is 1. The van der Waals surface area contributed by atoms with Crippen LogP contribution in [0.3, 0.4) is 0 Å². The number of ether oxygens (including phenoxy) is 1. The molecule has 0 radical (unpaired) electrons. The fraction of sp³-hybridized carbons (Fsp3) is 0.833. The molecule has 0 aromatic heterocycles. The van der Waals surface area contributed by atoms with Gasteiger partial charge in [-0.15, -0.1) is 0 Å². The second-order valence-electron chi connectivity index (χ2n) is 2.44. The first-order valence-corrected chi connectivity index (χ1v) is 2.86. The monoisotopic (exact) mass is 114 g/mol. The largest absolute Gasteiger partial charge is 0.362 e. The number of hydrogen-bond acceptors (Lipinski definition) is 2. The zero-order chi connectivity index (χ0) is 6.15. The molecule has 2 heteroatoms. The highest BCUT2D eigenvalue weighted by atomic mass is 16.5. The maximum atomic E-state index is 10.5. The Labute approximate surface area is 48.8 Å². The van der Waals surface area contributed by atoms with Crippen LogP contribution in [-0.4, -0.2) is 18.5 Å². The molecule has 1 fully saturated rings. The minimum Gasteiger partial charge on any atom is -0.362 e. The van der Waals surface area contributed by atoms with E-state index in [0.29, 0.717) is 12.5 Å². The molecule has 1 unspecified atom stereocenters. The van der Waals surface area contributed by atoms with Gasteiger partial charge in [0.15, 0.2) is 5.78 Å². The van der Waals surface area contributed by atoms with Crippen LogP contribution < -0.4 is 0 Å². The highest BCUT2D eigenvalue weighted by Gasteiger charge is 2.31. The summed E-state index contributed by atoms with van der Waals surface area (Å²) in [6.45, 7) is 4.31. The summed E-state index contributed by atoms with van der Waals surface area (Å²) in [5.74, 6) is 0.608. The Morgan fingerprint density at radius 1 is 1.75 bits per heavy atom. The van der Waals surface area contributed by atoms with Gasteiger partial charge in [0.1, 0.15) is 12.7 Å². The number of hydrogen-bond donors (Lipinski definition) is 0. The number of Topliss-reactive ketones (excluding diaryl/α,β-unsaturated/α-hetero) is 1. The molecule has 0 spiro atoms. The second kappa shape index (κ2) is 1.86. The van der Waals surface area contributed by atoms with Gasteiger partial charge < -0.3 is 4.74 Å². The summed E-state index contributed by atoms with van der Waals surface area (Å²) in [6.07, 6.45) is -0.0880. The lowest BCUT2D eigenvalue weighted by atomic mass is 10.00. The first kappa shape index (κ1) is 5.76. The Balaban J connectivity index is 2.37. The normalized spacial score (nSPS) is 28.4. The van der Waals surface area contributed by atoms with Crippen LogP contribution in [0, 0.1) is 5.92 Å². The fourth-order valence-corrected chi connectivity index (χ4v) is 0.812. The van der Waals surface area contributed by atoms with Crippen molar-refractivity contribution in [3.63, 3.8) is 0 Å². The van der Waals surface area contributed by atoms with Gasteiger partial charge >= 0.3 is 0 Å². The van der Waals surface area contributed by atoms with Crippen molar-refractivity contribution in [3.8, 4) is 0 Å². The Kier molecular flexibility index (Phi) is 1.34. The van der Waals surface area contributed by atoms with Crippen molar-refractivity contribution in [2.75, 3.05) is 6.61 Å². The zero-order valence-corrected chi connectivity index (χ0v) is 5.18. The minimum atomic E-state index is -0.0880. The van der Waals surface area contributed by atoms with Crippen molar-refractivity contribution in [2.45, 2.75) is 20.0 Å². The lowest BCUT2D eigenvalue weighted by molar-refractivity contribution is -0.159. The van der Waals surface area contributed by atoms with E-state index in [1.54, 1.807) is 0 Å². The quantitative estimate of drug-likeness (QED) is 0.499. The molecule has 0 N–H and O–H groups in total. The van der Waals surface area contributed by atoms with Crippen LogP contribution in [0.1, 0.15) is 13.8 Å². The SMILES string of the molecule is CC(C)C1OCC1=O. The third-order valence-electron chi connectivity index (χ3n) is 1.33. The van der Waals surface area contributed by atoms with Gasteiger partial charge in [-0.2, -0.15) is 0 Å². The van der Waals surface area contributed by atoms with E-state index in [4.69, 9.17) is 4.74 Å². The van der Waals surface area contributed by atoms with Gasteiger partial charge in [0.05, 0.1) is 0 Å². The third-order valence-corrected chi connectivity index (χ3v) is 1.33. The Bertz CT molecular complexity index is 107. The van der Waals surface area contributed by atoms with Crippen LogP contribution in [0.4, 0.5) is 0 Å². The smallest absolute Gasteiger partial charge is 0.187 e. The molecule has 0 aromatic carbocycles. The summed E-state index contributed by atoms with van der Waals surface area (Å²) < 4.78 is 4.95. The Morgan fingerprint density at radius 2 is 2.38 bits per heavy atom. The minimum absolute atomic E-state index is 0.0880. The average molecular weight is 114 g/mol. The molecular weight excluding hydrogens is 104 g/mol. The zero-order valence-electron chi connectivity index (χ0n) is 5.18. The first-order chi connectivity index (χ1) is 3.72. The van der Waals surface area contributed by atoms with E-state index in [2.05, 4.69) is 0 Å². The molecule has 0 saturated carbocycles. The van der Waals surface area contributed by atoms with Crippen molar-refractivity contribution in [3.05, 3.63) is 0 Å². The van der Waals surface area contributed by atoms with Gasteiger partial charge in [0, 0.05) is 0 Å². The Morgan fingerprint density at radius 3 is 2.38 bits per heavy atom. The van der Waals surface area contributed by atoms with E-state index in [9.17, 15) is 4.79 Å². The van der Waals surface area contributed by atoms with E-state index >= 15 is 0 Å². The van der Waals surface area contributed by atoms with Gasteiger partial charge in [0.25, 0.3) is 0 Å². The predicted molar refractivity (Wildman–Crippen MR) is 29.6 cm³/mol. The molecule has 0 aromatic rings. The van der Waals surface area contributed by atoms with E-state index in [-0.39, 0.29) is 11.9 Å². The van der Waals surface area contributed by atoms with Gasteiger partial charge in [-0.05, 0) is 5.92 Å². The van der Waals surface area contributed by atoms with Crippen LogP contribution >= 0.6 is 0 Å². The van der Waals surface area contributed by atoms with Crippen molar-refractivity contribution in [1.82, 2.24) is 0 Å². The molecule has 46 valence electrons. The third kappa shape index (κ3) is 0.757. The lowest BCUT2D eigenvalue weighted by Crippen LogP contribution is -2.43. The number of ketones is 1. The molecule has 1 atom stereocenters.